The normalized spacial score (nSPS) is 14.7. The highest BCUT2D eigenvalue weighted by Crippen LogP contribution is 2.39. The summed E-state index contributed by atoms with van der Waals surface area (Å²) in [6, 6.07) is 9.10. The third-order valence-corrected chi connectivity index (χ3v) is 5.55. The van der Waals surface area contributed by atoms with E-state index in [-0.39, 0.29) is 11.5 Å². The highest BCUT2D eigenvalue weighted by Gasteiger charge is 2.33. The van der Waals surface area contributed by atoms with Gasteiger partial charge in [-0.1, -0.05) is 24.8 Å². The molecule has 4 rings (SSSR count). The first-order chi connectivity index (χ1) is 14.8. The Balaban J connectivity index is 1.73. The summed E-state index contributed by atoms with van der Waals surface area (Å²) in [5, 5.41) is 0.775. The predicted octanol–water partition coefficient (Wildman–Crippen LogP) is 4.46. The van der Waals surface area contributed by atoms with E-state index in [1.165, 1.54) is 24.5 Å². The maximum Gasteiger partial charge on any atom is 0.417 e. The Hall–Kier alpha value is -3.42. The molecule has 160 valence electrons. The van der Waals surface area contributed by atoms with E-state index in [4.69, 9.17) is 0 Å². The molecule has 31 heavy (non-hydrogen) atoms. The number of aromatic nitrogens is 2. The van der Waals surface area contributed by atoms with E-state index in [9.17, 15) is 18.0 Å². The van der Waals surface area contributed by atoms with Gasteiger partial charge in [-0.25, -0.2) is 9.97 Å². The number of benzene rings is 2. The van der Waals surface area contributed by atoms with E-state index in [1.807, 2.05) is 6.07 Å². The lowest BCUT2D eigenvalue weighted by Crippen LogP contribution is -2.48. The molecule has 1 aromatic heterocycles. The Morgan fingerprint density at radius 2 is 1.77 bits per heavy atom. The quantitative estimate of drug-likeness (QED) is 0.581. The van der Waals surface area contributed by atoms with Crippen molar-refractivity contribution in [3.05, 3.63) is 66.5 Å². The molecule has 0 spiro atoms. The minimum absolute atomic E-state index is 0.101. The largest absolute Gasteiger partial charge is 0.417 e. The van der Waals surface area contributed by atoms with Crippen molar-refractivity contribution in [2.45, 2.75) is 13.1 Å². The summed E-state index contributed by atoms with van der Waals surface area (Å²) < 4.78 is 40.6. The average molecular weight is 426 g/mol. The number of halogens is 3. The third kappa shape index (κ3) is 3.97. The zero-order valence-electron chi connectivity index (χ0n) is 17.0. The lowest BCUT2D eigenvalue weighted by Gasteiger charge is -2.35. The summed E-state index contributed by atoms with van der Waals surface area (Å²) in [5.41, 5.74) is 1.24. The van der Waals surface area contributed by atoms with Crippen LogP contribution in [-0.4, -0.2) is 47.0 Å². The fourth-order valence-electron chi connectivity index (χ4n) is 3.97. The van der Waals surface area contributed by atoms with Gasteiger partial charge in [0.1, 0.15) is 12.1 Å². The smallest absolute Gasteiger partial charge is 0.352 e. The summed E-state index contributed by atoms with van der Waals surface area (Å²) >= 11 is 0. The van der Waals surface area contributed by atoms with Gasteiger partial charge in [-0.05, 0) is 47.9 Å². The van der Waals surface area contributed by atoms with Crippen molar-refractivity contribution in [1.82, 2.24) is 14.9 Å². The minimum atomic E-state index is -4.45. The summed E-state index contributed by atoms with van der Waals surface area (Å²) in [4.78, 5) is 24.4. The van der Waals surface area contributed by atoms with Crippen LogP contribution in [0.3, 0.4) is 0 Å². The van der Waals surface area contributed by atoms with Crippen molar-refractivity contribution in [3.8, 4) is 11.1 Å². The van der Waals surface area contributed by atoms with E-state index < -0.39 is 11.7 Å². The number of piperazine rings is 1. The van der Waals surface area contributed by atoms with Crippen molar-refractivity contribution in [2.75, 3.05) is 31.1 Å². The Bertz CT molecular complexity index is 1150. The average Bonchev–Trinajstić information content (AvgIpc) is 2.77. The number of fused-ring (bicyclic) bond motifs is 1. The van der Waals surface area contributed by atoms with E-state index in [0.717, 1.165) is 17.3 Å². The standard InChI is InChI=1S/C23H21F3N4O/c1-3-21(31)29-8-10-30(11-9-29)22-18-12-15(2)17(13-20(18)27-14-28-22)16-6-4-5-7-19(16)23(24,25)26/h3-7,12-14H,1,8-11H2,2H3. The molecule has 0 radical (unpaired) electrons. The summed E-state index contributed by atoms with van der Waals surface area (Å²) in [7, 11) is 0. The molecule has 1 fully saturated rings. The lowest BCUT2D eigenvalue weighted by molar-refractivity contribution is -0.137. The number of hydrogen-bond donors (Lipinski definition) is 0. The van der Waals surface area contributed by atoms with Crippen LogP contribution in [0.5, 0.6) is 0 Å². The van der Waals surface area contributed by atoms with E-state index in [0.29, 0.717) is 42.8 Å². The first-order valence-electron chi connectivity index (χ1n) is 9.88. The molecule has 2 heterocycles. The highest BCUT2D eigenvalue weighted by molar-refractivity contribution is 5.94. The van der Waals surface area contributed by atoms with E-state index in [1.54, 1.807) is 24.0 Å². The van der Waals surface area contributed by atoms with Gasteiger partial charge >= 0.3 is 6.18 Å². The van der Waals surface area contributed by atoms with Crippen molar-refractivity contribution in [3.63, 3.8) is 0 Å². The SMILES string of the molecule is C=CC(=O)N1CCN(c2ncnc3cc(-c4ccccc4C(F)(F)F)c(C)cc23)CC1. The van der Waals surface area contributed by atoms with Crippen LogP contribution in [0.4, 0.5) is 19.0 Å². The fourth-order valence-corrected chi connectivity index (χ4v) is 3.97. The number of aryl methyl sites for hydroxylation is 1. The van der Waals surface area contributed by atoms with Gasteiger partial charge in [0.15, 0.2) is 0 Å². The van der Waals surface area contributed by atoms with Gasteiger partial charge < -0.3 is 9.80 Å². The maximum atomic E-state index is 13.5. The van der Waals surface area contributed by atoms with Crippen molar-refractivity contribution in [1.29, 1.82) is 0 Å². The first kappa shape index (κ1) is 20.8. The summed E-state index contributed by atoms with van der Waals surface area (Å²) in [5.74, 6) is 0.616. The number of alkyl halides is 3. The van der Waals surface area contributed by atoms with E-state index >= 15 is 0 Å². The van der Waals surface area contributed by atoms with Gasteiger partial charge in [-0.3, -0.25) is 4.79 Å². The topological polar surface area (TPSA) is 49.3 Å². The molecule has 1 aliphatic heterocycles. The Kier molecular flexibility index (Phi) is 5.39. The Morgan fingerprint density at radius 3 is 2.45 bits per heavy atom. The second-order valence-electron chi connectivity index (χ2n) is 7.44. The first-order valence-corrected chi connectivity index (χ1v) is 9.88. The fraction of sp³-hybridized carbons (Fsp3) is 0.261. The van der Waals surface area contributed by atoms with Gasteiger partial charge in [-0.15, -0.1) is 0 Å². The van der Waals surface area contributed by atoms with Crippen LogP contribution in [0.2, 0.25) is 0 Å². The molecular formula is C23H21F3N4O. The molecule has 1 aliphatic rings. The van der Waals surface area contributed by atoms with Crippen molar-refractivity contribution >= 4 is 22.6 Å². The minimum Gasteiger partial charge on any atom is -0.352 e. The van der Waals surface area contributed by atoms with Gasteiger partial charge in [0, 0.05) is 31.6 Å². The number of nitrogens with zero attached hydrogens (tertiary/aromatic N) is 4. The molecule has 1 amide bonds. The predicted molar refractivity (Wildman–Crippen MR) is 114 cm³/mol. The number of anilines is 1. The van der Waals surface area contributed by atoms with Crippen molar-refractivity contribution in [2.24, 2.45) is 0 Å². The lowest BCUT2D eigenvalue weighted by atomic mass is 9.94. The molecule has 0 aliphatic carbocycles. The van der Waals surface area contributed by atoms with Crippen LogP contribution < -0.4 is 4.90 Å². The van der Waals surface area contributed by atoms with Crippen LogP contribution in [0, 0.1) is 6.92 Å². The molecule has 0 unspecified atom stereocenters. The van der Waals surface area contributed by atoms with Gasteiger partial charge in [0.2, 0.25) is 5.91 Å². The zero-order valence-corrected chi connectivity index (χ0v) is 17.0. The molecule has 0 bridgehead atoms. The summed E-state index contributed by atoms with van der Waals surface area (Å²) in [6.45, 7) is 7.61. The van der Waals surface area contributed by atoms with Crippen molar-refractivity contribution < 1.29 is 18.0 Å². The molecule has 8 heteroatoms. The van der Waals surface area contributed by atoms with Crippen LogP contribution >= 0.6 is 0 Å². The molecule has 3 aromatic rings. The number of carbonyl (C=O) groups is 1. The Morgan fingerprint density at radius 1 is 1.06 bits per heavy atom. The molecular weight excluding hydrogens is 405 g/mol. The van der Waals surface area contributed by atoms with Crippen LogP contribution in [0.25, 0.3) is 22.0 Å². The second-order valence-corrected chi connectivity index (χ2v) is 7.44. The molecule has 0 saturated carbocycles. The molecule has 0 atom stereocenters. The summed E-state index contributed by atoms with van der Waals surface area (Å²) in [6.07, 6.45) is -1.72. The van der Waals surface area contributed by atoms with Crippen LogP contribution in [-0.2, 0) is 11.0 Å². The number of hydrogen-bond acceptors (Lipinski definition) is 4. The Labute approximate surface area is 177 Å². The maximum absolute atomic E-state index is 13.5. The monoisotopic (exact) mass is 426 g/mol. The van der Waals surface area contributed by atoms with Gasteiger partial charge in [0.05, 0.1) is 11.1 Å². The molecule has 5 nitrogen and oxygen atoms in total. The van der Waals surface area contributed by atoms with E-state index in [2.05, 4.69) is 21.4 Å². The van der Waals surface area contributed by atoms with Crippen LogP contribution in [0.1, 0.15) is 11.1 Å². The second kappa shape index (κ2) is 8.02. The highest BCUT2D eigenvalue weighted by atomic mass is 19.4. The number of carbonyl (C=O) groups excluding carboxylic acids is 1. The third-order valence-electron chi connectivity index (χ3n) is 5.55. The number of amides is 1. The molecule has 0 N–H and O–H groups in total. The zero-order chi connectivity index (χ0) is 22.2. The van der Waals surface area contributed by atoms with Gasteiger partial charge in [-0.2, -0.15) is 13.2 Å². The molecule has 1 saturated heterocycles. The number of rotatable bonds is 3. The van der Waals surface area contributed by atoms with Gasteiger partial charge in [0.25, 0.3) is 0 Å². The molecule has 2 aromatic carbocycles. The van der Waals surface area contributed by atoms with Crippen LogP contribution in [0.15, 0.2) is 55.4 Å².